The molecule has 2 heterocycles. The number of aliphatic hydroxyl groups is 1. The zero-order chi connectivity index (χ0) is 17.0. The zero-order valence-electron chi connectivity index (χ0n) is 11.8. The predicted molar refractivity (Wildman–Crippen MR) is 71.9 cm³/mol. The standard InChI is InChI=1S/C14H14F4O4S/c15-11-5-8(1-4-12(11)22-14(16,17)18)13(19)6-9-2-3-10(7-13)23(9,20)21/h1,4-5,9-10,19H,2-3,6-7H2. The number of fused-ring (bicyclic) bond motifs is 2. The molecule has 2 atom stereocenters. The highest BCUT2D eigenvalue weighted by molar-refractivity contribution is 7.93. The number of sulfone groups is 1. The van der Waals surface area contributed by atoms with Crippen molar-refractivity contribution >= 4 is 9.84 Å². The van der Waals surface area contributed by atoms with Crippen LogP contribution in [0.2, 0.25) is 0 Å². The summed E-state index contributed by atoms with van der Waals surface area (Å²) in [5, 5.41) is 9.32. The molecule has 1 aromatic rings. The number of rotatable bonds is 2. The summed E-state index contributed by atoms with van der Waals surface area (Å²) in [5.41, 5.74) is -1.49. The summed E-state index contributed by atoms with van der Waals surface area (Å²) < 4.78 is 77.9. The van der Waals surface area contributed by atoms with Crippen LogP contribution in [0.1, 0.15) is 31.2 Å². The first-order valence-corrected chi connectivity index (χ1v) is 8.63. The van der Waals surface area contributed by atoms with E-state index in [1.54, 1.807) is 0 Å². The summed E-state index contributed by atoms with van der Waals surface area (Å²) in [6.45, 7) is 0. The van der Waals surface area contributed by atoms with Gasteiger partial charge in [0.15, 0.2) is 21.4 Å². The molecule has 0 spiro atoms. The number of alkyl halides is 3. The Morgan fingerprint density at radius 3 is 2.22 bits per heavy atom. The summed E-state index contributed by atoms with van der Waals surface area (Å²) in [6.07, 6.45) is -4.30. The smallest absolute Gasteiger partial charge is 0.403 e. The van der Waals surface area contributed by atoms with E-state index in [1.807, 2.05) is 0 Å². The predicted octanol–water partition coefficient (Wildman–Crippen LogP) is 2.65. The van der Waals surface area contributed by atoms with Gasteiger partial charge in [-0.25, -0.2) is 12.8 Å². The molecule has 1 N–H and O–H groups in total. The van der Waals surface area contributed by atoms with E-state index in [1.165, 1.54) is 0 Å². The third-order valence-electron chi connectivity index (χ3n) is 4.57. The molecule has 2 bridgehead atoms. The van der Waals surface area contributed by atoms with Crippen LogP contribution in [0.25, 0.3) is 0 Å². The van der Waals surface area contributed by atoms with Crippen molar-refractivity contribution in [1.29, 1.82) is 0 Å². The molecule has 2 aliphatic rings. The van der Waals surface area contributed by atoms with Gasteiger partial charge in [-0.05, 0) is 43.4 Å². The highest BCUT2D eigenvalue weighted by Crippen LogP contribution is 2.48. The van der Waals surface area contributed by atoms with Crippen LogP contribution in [0.3, 0.4) is 0 Å². The lowest BCUT2D eigenvalue weighted by Crippen LogP contribution is -2.43. The van der Waals surface area contributed by atoms with E-state index >= 15 is 0 Å². The van der Waals surface area contributed by atoms with Crippen LogP contribution in [0.15, 0.2) is 18.2 Å². The van der Waals surface area contributed by atoms with E-state index in [2.05, 4.69) is 4.74 Å². The van der Waals surface area contributed by atoms with Gasteiger partial charge in [0.2, 0.25) is 0 Å². The van der Waals surface area contributed by atoms with Gasteiger partial charge < -0.3 is 9.84 Å². The molecule has 1 aromatic carbocycles. The average molecular weight is 354 g/mol. The Hall–Kier alpha value is -1.35. The molecule has 2 aliphatic heterocycles. The maximum absolute atomic E-state index is 13.8. The second kappa shape index (κ2) is 5.07. The number of ether oxygens (including phenoxy) is 1. The third kappa shape index (κ3) is 2.91. The summed E-state index contributed by atoms with van der Waals surface area (Å²) in [4.78, 5) is 0. The molecule has 0 radical (unpaired) electrons. The second-order valence-corrected chi connectivity index (χ2v) is 8.55. The number of benzene rings is 1. The number of hydrogen-bond acceptors (Lipinski definition) is 4. The van der Waals surface area contributed by atoms with Crippen molar-refractivity contribution in [2.75, 3.05) is 0 Å². The van der Waals surface area contributed by atoms with Crippen LogP contribution < -0.4 is 4.74 Å². The molecule has 128 valence electrons. The summed E-state index contributed by atoms with van der Waals surface area (Å²) in [5.74, 6) is -2.25. The van der Waals surface area contributed by atoms with Crippen molar-refractivity contribution in [3.05, 3.63) is 29.6 Å². The fourth-order valence-electron chi connectivity index (χ4n) is 3.48. The van der Waals surface area contributed by atoms with Gasteiger partial charge in [0.25, 0.3) is 0 Å². The molecule has 0 saturated carbocycles. The molecule has 0 aromatic heterocycles. The number of hydrogen-bond donors (Lipinski definition) is 1. The fraction of sp³-hybridized carbons (Fsp3) is 0.571. The van der Waals surface area contributed by atoms with Crippen molar-refractivity contribution in [2.24, 2.45) is 0 Å². The van der Waals surface area contributed by atoms with Gasteiger partial charge in [-0.2, -0.15) is 0 Å². The van der Waals surface area contributed by atoms with E-state index in [9.17, 15) is 31.1 Å². The van der Waals surface area contributed by atoms with Gasteiger partial charge >= 0.3 is 6.36 Å². The van der Waals surface area contributed by atoms with Crippen LogP contribution in [-0.4, -0.2) is 30.4 Å². The summed E-state index contributed by atoms with van der Waals surface area (Å²) in [7, 11) is -3.28. The minimum absolute atomic E-state index is 0.0660. The van der Waals surface area contributed by atoms with Crippen LogP contribution in [0.4, 0.5) is 17.6 Å². The molecule has 9 heteroatoms. The van der Waals surface area contributed by atoms with Crippen molar-refractivity contribution in [3.63, 3.8) is 0 Å². The second-order valence-electron chi connectivity index (χ2n) is 6.04. The van der Waals surface area contributed by atoms with Gasteiger partial charge in [0.1, 0.15) is 0 Å². The molecular weight excluding hydrogens is 340 g/mol. The summed E-state index contributed by atoms with van der Waals surface area (Å²) >= 11 is 0. The third-order valence-corrected chi connectivity index (χ3v) is 7.23. The maximum Gasteiger partial charge on any atom is 0.573 e. The quantitative estimate of drug-likeness (QED) is 0.830. The van der Waals surface area contributed by atoms with Crippen molar-refractivity contribution in [1.82, 2.24) is 0 Å². The highest BCUT2D eigenvalue weighted by atomic mass is 32.2. The first-order chi connectivity index (χ1) is 10.5. The van der Waals surface area contributed by atoms with E-state index in [4.69, 9.17) is 0 Å². The Labute approximate surface area is 130 Å². The minimum atomic E-state index is -5.02. The van der Waals surface area contributed by atoms with Gasteiger partial charge in [0, 0.05) is 0 Å². The lowest BCUT2D eigenvalue weighted by atomic mass is 9.86. The van der Waals surface area contributed by atoms with Crippen LogP contribution in [0, 0.1) is 5.82 Å². The molecule has 4 nitrogen and oxygen atoms in total. The van der Waals surface area contributed by atoms with Gasteiger partial charge in [-0.15, -0.1) is 13.2 Å². The lowest BCUT2D eigenvalue weighted by molar-refractivity contribution is -0.275. The molecule has 0 aliphatic carbocycles. The Balaban J connectivity index is 1.89. The van der Waals surface area contributed by atoms with Gasteiger partial charge in [-0.3, -0.25) is 0 Å². The van der Waals surface area contributed by atoms with Crippen molar-refractivity contribution < 1.29 is 35.8 Å². The van der Waals surface area contributed by atoms with Crippen molar-refractivity contribution in [2.45, 2.75) is 48.1 Å². The zero-order valence-corrected chi connectivity index (χ0v) is 12.6. The molecular formula is C14H14F4O4S. The van der Waals surface area contributed by atoms with Crippen LogP contribution >= 0.6 is 0 Å². The molecule has 0 amide bonds. The normalized spacial score (nSPS) is 32.7. The van der Waals surface area contributed by atoms with Gasteiger partial charge in [-0.1, -0.05) is 6.07 Å². The van der Waals surface area contributed by atoms with E-state index in [-0.39, 0.29) is 18.4 Å². The largest absolute Gasteiger partial charge is 0.573 e. The monoisotopic (exact) mass is 354 g/mol. The fourth-order valence-corrected chi connectivity index (χ4v) is 5.97. The van der Waals surface area contributed by atoms with Gasteiger partial charge in [0.05, 0.1) is 16.1 Å². The molecule has 2 fully saturated rings. The molecule has 3 rings (SSSR count). The molecule has 2 saturated heterocycles. The first kappa shape index (κ1) is 16.5. The highest BCUT2D eigenvalue weighted by Gasteiger charge is 2.53. The first-order valence-electron chi connectivity index (χ1n) is 7.02. The Morgan fingerprint density at radius 2 is 1.74 bits per heavy atom. The molecule has 23 heavy (non-hydrogen) atoms. The Kier molecular flexibility index (Phi) is 3.64. The van der Waals surface area contributed by atoms with Crippen LogP contribution in [0.5, 0.6) is 5.75 Å². The maximum atomic E-state index is 13.8. The Morgan fingerprint density at radius 1 is 1.17 bits per heavy atom. The van der Waals surface area contributed by atoms with E-state index in [0.717, 1.165) is 18.2 Å². The minimum Gasteiger partial charge on any atom is -0.403 e. The Bertz CT molecular complexity index is 709. The number of halogens is 4. The lowest BCUT2D eigenvalue weighted by Gasteiger charge is -2.36. The van der Waals surface area contributed by atoms with Crippen molar-refractivity contribution in [3.8, 4) is 5.75 Å². The van der Waals surface area contributed by atoms with E-state index < -0.39 is 43.9 Å². The average Bonchev–Trinajstić information content (AvgIpc) is 2.60. The van der Waals surface area contributed by atoms with Crippen LogP contribution in [-0.2, 0) is 15.4 Å². The topological polar surface area (TPSA) is 63.6 Å². The van der Waals surface area contributed by atoms with E-state index in [0.29, 0.717) is 12.8 Å². The molecule has 2 unspecified atom stereocenters. The summed E-state index contributed by atoms with van der Waals surface area (Å²) in [6, 6.07) is 2.71. The SMILES string of the molecule is O=S1(=O)C2CCC1CC(O)(c1ccc(OC(F)(F)F)c(F)c1)C2.